The smallest absolute Gasteiger partial charge is 0.211 e. The molecule has 1 aliphatic rings. The summed E-state index contributed by atoms with van der Waals surface area (Å²) < 4.78 is 0. The Morgan fingerprint density at radius 2 is 2.00 bits per heavy atom. The van der Waals surface area contributed by atoms with E-state index in [-0.39, 0.29) is 5.75 Å². The van der Waals surface area contributed by atoms with Crippen LogP contribution < -0.4 is 5.32 Å². The maximum Gasteiger partial charge on any atom is 0.211 e. The third kappa shape index (κ3) is 2.64. The molecule has 1 fully saturated rings. The number of phenolic OH excluding ortho intramolecular Hbond substituents is 1. The van der Waals surface area contributed by atoms with Crippen molar-refractivity contribution in [1.82, 2.24) is 0 Å². The normalized spacial score (nSPS) is 16.8. The van der Waals surface area contributed by atoms with Gasteiger partial charge in [-0.05, 0) is 36.5 Å². The van der Waals surface area contributed by atoms with E-state index in [2.05, 4.69) is 5.32 Å². The van der Waals surface area contributed by atoms with E-state index < -0.39 is 0 Å². The molecule has 0 unspecified atom stereocenters. The second-order valence-electron chi connectivity index (χ2n) is 4.35. The van der Waals surface area contributed by atoms with Crippen molar-refractivity contribution in [1.29, 1.82) is 0 Å². The number of hydrogen-bond donors (Lipinski definition) is 2. The van der Waals surface area contributed by atoms with Gasteiger partial charge < -0.3 is 10.4 Å². The summed E-state index contributed by atoms with van der Waals surface area (Å²) >= 11 is 0. The number of rotatable bonds is 3. The lowest BCUT2D eigenvalue weighted by Gasteiger charge is -2.21. The van der Waals surface area contributed by atoms with Gasteiger partial charge in [0.15, 0.2) is 0 Å². The first kappa shape index (κ1) is 11.6. The average Bonchev–Trinajstić information content (AvgIpc) is 2.33. The van der Waals surface area contributed by atoms with Crippen LogP contribution in [-0.2, 0) is 9.59 Å². The van der Waals surface area contributed by atoms with Crippen LogP contribution in [0.25, 0.3) is 0 Å². The van der Waals surface area contributed by atoms with Gasteiger partial charge in [0.1, 0.15) is 11.5 Å². The molecule has 90 valence electrons. The van der Waals surface area contributed by atoms with Gasteiger partial charge in [0.05, 0.1) is 5.69 Å². The van der Waals surface area contributed by atoms with Crippen molar-refractivity contribution in [2.75, 3.05) is 5.32 Å². The quantitative estimate of drug-likeness (QED) is 0.621. The predicted octanol–water partition coefficient (Wildman–Crippen LogP) is 2.19. The number of benzene rings is 1. The fourth-order valence-corrected chi connectivity index (χ4v) is 2.26. The molecular weight excluding hydrogens is 218 g/mol. The highest BCUT2D eigenvalue weighted by Crippen LogP contribution is 2.34. The third-order valence-corrected chi connectivity index (χ3v) is 3.25. The zero-order valence-electron chi connectivity index (χ0n) is 9.48. The molecule has 0 aromatic heterocycles. The molecule has 0 saturated heterocycles. The standard InChI is InChI=1S/C13H15NO3/c15-8-14-12-6-3-10(7-13(12)17)9-1-4-11(16)5-2-9/h3,6-9,17H,1-2,4-5H2,(H,14,15). The first-order valence-corrected chi connectivity index (χ1v) is 5.75. The van der Waals surface area contributed by atoms with E-state index in [1.807, 2.05) is 6.07 Å². The fraction of sp³-hybridized carbons (Fsp3) is 0.385. The van der Waals surface area contributed by atoms with Crippen LogP contribution in [0, 0.1) is 0 Å². The third-order valence-electron chi connectivity index (χ3n) is 3.25. The van der Waals surface area contributed by atoms with Gasteiger partial charge in [-0.3, -0.25) is 9.59 Å². The molecule has 0 heterocycles. The van der Waals surface area contributed by atoms with Crippen LogP contribution in [0.4, 0.5) is 5.69 Å². The van der Waals surface area contributed by atoms with Crippen molar-refractivity contribution < 1.29 is 14.7 Å². The molecule has 1 aromatic carbocycles. The van der Waals surface area contributed by atoms with Gasteiger partial charge in [0.25, 0.3) is 0 Å². The molecule has 2 N–H and O–H groups in total. The highest BCUT2D eigenvalue weighted by atomic mass is 16.3. The number of phenols is 1. The number of carbonyl (C=O) groups excluding carboxylic acids is 2. The molecule has 0 spiro atoms. The number of Topliss-reactive ketones (excluding diaryl/α,β-unsaturated/α-hetero) is 1. The summed E-state index contributed by atoms with van der Waals surface area (Å²) in [7, 11) is 0. The highest BCUT2D eigenvalue weighted by Gasteiger charge is 2.20. The summed E-state index contributed by atoms with van der Waals surface area (Å²) in [6, 6.07) is 5.26. The Labute approximate surface area is 99.6 Å². The van der Waals surface area contributed by atoms with Gasteiger partial charge in [-0.15, -0.1) is 0 Å². The average molecular weight is 233 g/mol. The van der Waals surface area contributed by atoms with Crippen LogP contribution in [0.1, 0.15) is 37.2 Å². The number of anilines is 1. The van der Waals surface area contributed by atoms with E-state index in [4.69, 9.17) is 0 Å². The molecule has 4 nitrogen and oxygen atoms in total. The number of aromatic hydroxyl groups is 1. The lowest BCUT2D eigenvalue weighted by molar-refractivity contribution is -0.120. The Morgan fingerprint density at radius 3 is 2.59 bits per heavy atom. The van der Waals surface area contributed by atoms with E-state index in [0.29, 0.717) is 36.6 Å². The lowest BCUT2D eigenvalue weighted by Crippen LogP contribution is -2.12. The monoisotopic (exact) mass is 233 g/mol. The maximum atomic E-state index is 11.1. The molecular formula is C13H15NO3. The summed E-state index contributed by atoms with van der Waals surface area (Å²) in [5, 5.41) is 12.1. The highest BCUT2D eigenvalue weighted by molar-refractivity contribution is 5.79. The summed E-state index contributed by atoms with van der Waals surface area (Å²) in [5.41, 5.74) is 1.45. The van der Waals surface area contributed by atoms with E-state index in [0.717, 1.165) is 18.4 Å². The van der Waals surface area contributed by atoms with Crippen LogP contribution in [0.2, 0.25) is 0 Å². The van der Waals surface area contributed by atoms with Crippen molar-refractivity contribution in [2.24, 2.45) is 0 Å². The van der Waals surface area contributed by atoms with Crippen LogP contribution in [-0.4, -0.2) is 17.3 Å². The second-order valence-corrected chi connectivity index (χ2v) is 4.35. The van der Waals surface area contributed by atoms with Gasteiger partial charge in [0.2, 0.25) is 6.41 Å². The van der Waals surface area contributed by atoms with Crippen molar-refractivity contribution >= 4 is 17.9 Å². The molecule has 4 heteroatoms. The van der Waals surface area contributed by atoms with Crippen molar-refractivity contribution in [2.45, 2.75) is 31.6 Å². The minimum absolute atomic E-state index is 0.0755. The van der Waals surface area contributed by atoms with E-state index in [9.17, 15) is 14.7 Å². The van der Waals surface area contributed by atoms with Crippen molar-refractivity contribution in [3.8, 4) is 5.75 Å². The first-order valence-electron chi connectivity index (χ1n) is 5.75. The first-order chi connectivity index (χ1) is 8.20. The SMILES string of the molecule is O=CNc1ccc(C2CCC(=O)CC2)cc1O. The zero-order valence-corrected chi connectivity index (χ0v) is 9.48. The fourth-order valence-electron chi connectivity index (χ4n) is 2.26. The van der Waals surface area contributed by atoms with Crippen molar-refractivity contribution in [3.05, 3.63) is 23.8 Å². The minimum atomic E-state index is 0.0755. The molecule has 2 rings (SSSR count). The molecule has 17 heavy (non-hydrogen) atoms. The lowest BCUT2D eigenvalue weighted by atomic mass is 9.83. The van der Waals surface area contributed by atoms with Gasteiger partial charge in [0, 0.05) is 12.8 Å². The Morgan fingerprint density at radius 1 is 1.29 bits per heavy atom. The Bertz CT molecular complexity index is 432. The van der Waals surface area contributed by atoms with Gasteiger partial charge in [-0.1, -0.05) is 6.07 Å². The van der Waals surface area contributed by atoms with Crippen LogP contribution in [0.15, 0.2) is 18.2 Å². The predicted molar refractivity (Wildman–Crippen MR) is 64.0 cm³/mol. The molecule has 0 aliphatic heterocycles. The number of hydrogen-bond acceptors (Lipinski definition) is 3. The van der Waals surface area contributed by atoms with Crippen molar-refractivity contribution in [3.63, 3.8) is 0 Å². The van der Waals surface area contributed by atoms with Crippen LogP contribution in [0.3, 0.4) is 0 Å². The zero-order chi connectivity index (χ0) is 12.3. The van der Waals surface area contributed by atoms with E-state index in [1.54, 1.807) is 12.1 Å². The second kappa shape index (κ2) is 4.99. The Kier molecular flexibility index (Phi) is 3.42. The number of nitrogens with one attached hydrogen (secondary N) is 1. The summed E-state index contributed by atoms with van der Waals surface area (Å²) in [6.45, 7) is 0. The topological polar surface area (TPSA) is 66.4 Å². The molecule has 1 aliphatic carbocycles. The van der Waals surface area contributed by atoms with Gasteiger partial charge >= 0.3 is 0 Å². The summed E-state index contributed by atoms with van der Waals surface area (Å²) in [6.07, 6.45) is 3.48. The minimum Gasteiger partial charge on any atom is -0.506 e. The van der Waals surface area contributed by atoms with Crippen LogP contribution in [0.5, 0.6) is 5.75 Å². The summed E-state index contributed by atoms with van der Waals surface area (Å²) in [5.74, 6) is 0.736. The van der Waals surface area contributed by atoms with E-state index in [1.165, 1.54) is 0 Å². The molecule has 1 amide bonds. The van der Waals surface area contributed by atoms with Gasteiger partial charge in [-0.2, -0.15) is 0 Å². The Balaban J connectivity index is 2.14. The Hall–Kier alpha value is -1.84. The molecule has 1 saturated carbocycles. The molecule has 0 atom stereocenters. The van der Waals surface area contributed by atoms with Crippen LogP contribution >= 0.6 is 0 Å². The summed E-state index contributed by atoms with van der Waals surface area (Å²) in [4.78, 5) is 21.4. The molecule has 0 bridgehead atoms. The molecule has 1 aromatic rings. The maximum absolute atomic E-state index is 11.1. The number of ketones is 1. The van der Waals surface area contributed by atoms with Gasteiger partial charge in [-0.25, -0.2) is 0 Å². The van der Waals surface area contributed by atoms with E-state index >= 15 is 0 Å². The number of amides is 1. The molecule has 0 radical (unpaired) electrons. The number of carbonyl (C=O) groups is 2. The largest absolute Gasteiger partial charge is 0.506 e.